The summed E-state index contributed by atoms with van der Waals surface area (Å²) in [5.74, 6) is 1.15. The molecule has 2 heterocycles. The third kappa shape index (κ3) is 3.75. The molecule has 0 aliphatic carbocycles. The molecule has 0 aromatic heterocycles. The lowest BCUT2D eigenvalue weighted by Crippen LogP contribution is -2.48. The topological polar surface area (TPSA) is 45.7 Å². The molecule has 0 spiro atoms. The first-order valence-electron chi connectivity index (χ1n) is 9.56. The molecule has 2 N–H and O–H groups in total. The molecular weight excluding hydrogens is 322 g/mol. The van der Waals surface area contributed by atoms with E-state index >= 15 is 0 Å². The van der Waals surface area contributed by atoms with Crippen LogP contribution in [0.15, 0.2) is 65.7 Å². The first-order chi connectivity index (χ1) is 12.8. The number of fused-ring (bicyclic) bond motifs is 2. The van der Waals surface area contributed by atoms with Crippen molar-refractivity contribution in [2.45, 2.75) is 43.4 Å². The number of ether oxygens (including phenoxy) is 1. The molecule has 0 amide bonds. The van der Waals surface area contributed by atoms with E-state index in [4.69, 9.17) is 4.74 Å². The molecule has 3 unspecified atom stereocenters. The highest BCUT2D eigenvalue weighted by molar-refractivity contribution is 5.80. The third-order valence-corrected chi connectivity index (χ3v) is 5.53. The Morgan fingerprint density at radius 1 is 1.04 bits per heavy atom. The van der Waals surface area contributed by atoms with E-state index in [1.54, 1.807) is 0 Å². The molecule has 0 radical (unpaired) electrons. The Balaban J connectivity index is 1.44. The number of benzene rings is 2. The van der Waals surface area contributed by atoms with Crippen LogP contribution in [0.4, 0.5) is 0 Å². The van der Waals surface area contributed by atoms with E-state index in [2.05, 4.69) is 76.3 Å². The van der Waals surface area contributed by atoms with Gasteiger partial charge in [0.1, 0.15) is 0 Å². The molecule has 26 heavy (non-hydrogen) atoms. The molecule has 2 aromatic rings. The number of aliphatic imine (C=N–C) groups is 1. The number of rotatable bonds is 5. The van der Waals surface area contributed by atoms with Gasteiger partial charge in [-0.1, -0.05) is 60.7 Å². The fourth-order valence-electron chi connectivity index (χ4n) is 4.16. The van der Waals surface area contributed by atoms with Gasteiger partial charge in [0, 0.05) is 19.5 Å². The van der Waals surface area contributed by atoms with Gasteiger partial charge in [-0.2, -0.15) is 0 Å². The predicted octanol–water partition coefficient (Wildman–Crippen LogP) is 3.30. The number of hydrogen-bond acceptors (Lipinski definition) is 2. The summed E-state index contributed by atoms with van der Waals surface area (Å²) >= 11 is 0. The van der Waals surface area contributed by atoms with Gasteiger partial charge in [-0.25, -0.2) is 0 Å². The molecule has 2 aliphatic heterocycles. The molecule has 2 fully saturated rings. The molecule has 0 saturated carbocycles. The average molecular weight is 349 g/mol. The van der Waals surface area contributed by atoms with E-state index < -0.39 is 0 Å². The summed E-state index contributed by atoms with van der Waals surface area (Å²) in [6.07, 6.45) is 4.25. The monoisotopic (exact) mass is 349 g/mol. The SMILES string of the molecule is CN=C(NCC(c1ccccc1)c1ccccc1)NC1CC2CCC1O2. The van der Waals surface area contributed by atoms with E-state index in [-0.39, 0.29) is 5.92 Å². The largest absolute Gasteiger partial charge is 0.373 e. The van der Waals surface area contributed by atoms with Gasteiger partial charge in [-0.05, 0) is 30.4 Å². The van der Waals surface area contributed by atoms with Crippen LogP contribution in [0.2, 0.25) is 0 Å². The molecule has 2 aliphatic rings. The minimum absolute atomic E-state index is 0.284. The van der Waals surface area contributed by atoms with Crippen LogP contribution in [-0.2, 0) is 4.74 Å². The maximum Gasteiger partial charge on any atom is 0.191 e. The molecular formula is C22H27N3O. The quantitative estimate of drug-likeness (QED) is 0.643. The molecule has 2 aromatic carbocycles. The fraction of sp³-hybridized carbons (Fsp3) is 0.409. The van der Waals surface area contributed by atoms with Crippen molar-refractivity contribution < 1.29 is 4.74 Å². The van der Waals surface area contributed by atoms with Crippen molar-refractivity contribution in [3.63, 3.8) is 0 Å². The third-order valence-electron chi connectivity index (χ3n) is 5.53. The van der Waals surface area contributed by atoms with Crippen molar-refractivity contribution >= 4 is 5.96 Å². The summed E-state index contributed by atoms with van der Waals surface area (Å²) in [6.45, 7) is 0.801. The number of nitrogens with one attached hydrogen (secondary N) is 2. The Morgan fingerprint density at radius 3 is 2.19 bits per heavy atom. The fourth-order valence-corrected chi connectivity index (χ4v) is 4.16. The smallest absolute Gasteiger partial charge is 0.191 e. The van der Waals surface area contributed by atoms with E-state index in [0.29, 0.717) is 18.2 Å². The molecule has 4 rings (SSSR count). The number of guanidine groups is 1. The minimum Gasteiger partial charge on any atom is -0.373 e. The van der Waals surface area contributed by atoms with Gasteiger partial charge in [0.05, 0.1) is 18.2 Å². The molecule has 2 bridgehead atoms. The minimum atomic E-state index is 0.284. The molecule has 4 nitrogen and oxygen atoms in total. The van der Waals surface area contributed by atoms with Crippen LogP contribution in [0.5, 0.6) is 0 Å². The average Bonchev–Trinajstić information content (AvgIpc) is 3.32. The lowest BCUT2D eigenvalue weighted by atomic mass is 9.91. The van der Waals surface area contributed by atoms with Crippen LogP contribution in [0.3, 0.4) is 0 Å². The van der Waals surface area contributed by atoms with Gasteiger partial charge in [0.15, 0.2) is 5.96 Å². The maximum atomic E-state index is 5.95. The Bertz CT molecular complexity index is 692. The standard InChI is InChI=1S/C22H27N3O/c1-23-22(25-20-14-18-12-13-21(20)26-18)24-15-19(16-8-4-2-5-9-16)17-10-6-3-7-11-17/h2-11,18-21H,12-15H2,1H3,(H2,23,24,25). The summed E-state index contributed by atoms with van der Waals surface area (Å²) in [4.78, 5) is 4.43. The van der Waals surface area contributed by atoms with E-state index in [0.717, 1.165) is 25.3 Å². The summed E-state index contributed by atoms with van der Waals surface area (Å²) in [5.41, 5.74) is 2.62. The van der Waals surface area contributed by atoms with Crippen molar-refractivity contribution in [2.75, 3.05) is 13.6 Å². The van der Waals surface area contributed by atoms with E-state index in [1.165, 1.54) is 17.5 Å². The van der Waals surface area contributed by atoms with E-state index in [9.17, 15) is 0 Å². The molecule has 136 valence electrons. The Labute approximate surface area is 155 Å². The van der Waals surface area contributed by atoms with Crippen LogP contribution in [-0.4, -0.2) is 37.8 Å². The first-order valence-corrected chi connectivity index (χ1v) is 9.56. The Kier molecular flexibility index (Phi) is 5.21. The van der Waals surface area contributed by atoms with Gasteiger partial charge < -0.3 is 15.4 Å². The summed E-state index contributed by atoms with van der Waals surface area (Å²) in [5, 5.41) is 7.11. The van der Waals surface area contributed by atoms with Crippen LogP contribution >= 0.6 is 0 Å². The van der Waals surface area contributed by atoms with Crippen molar-refractivity contribution in [1.82, 2.24) is 10.6 Å². The van der Waals surface area contributed by atoms with Gasteiger partial charge in [0.25, 0.3) is 0 Å². The highest BCUT2D eigenvalue weighted by Gasteiger charge is 2.41. The van der Waals surface area contributed by atoms with Crippen molar-refractivity contribution in [2.24, 2.45) is 4.99 Å². The summed E-state index contributed by atoms with van der Waals surface area (Å²) in [6, 6.07) is 21.7. The normalized spacial score (nSPS) is 24.8. The van der Waals surface area contributed by atoms with Crippen LogP contribution in [0.25, 0.3) is 0 Å². The van der Waals surface area contributed by atoms with Gasteiger partial charge in [-0.3, -0.25) is 4.99 Å². The van der Waals surface area contributed by atoms with Crippen molar-refractivity contribution in [3.05, 3.63) is 71.8 Å². The van der Waals surface area contributed by atoms with E-state index in [1.807, 2.05) is 7.05 Å². The second kappa shape index (κ2) is 7.92. The Hall–Kier alpha value is -2.33. The van der Waals surface area contributed by atoms with Crippen LogP contribution in [0, 0.1) is 0 Å². The van der Waals surface area contributed by atoms with Crippen molar-refractivity contribution in [3.8, 4) is 0 Å². The second-order valence-electron chi connectivity index (χ2n) is 7.19. The summed E-state index contributed by atoms with van der Waals surface area (Å²) in [7, 11) is 1.84. The highest BCUT2D eigenvalue weighted by atomic mass is 16.5. The second-order valence-corrected chi connectivity index (χ2v) is 7.19. The van der Waals surface area contributed by atoms with Gasteiger partial charge >= 0.3 is 0 Å². The van der Waals surface area contributed by atoms with Crippen molar-refractivity contribution in [1.29, 1.82) is 0 Å². The zero-order chi connectivity index (χ0) is 17.8. The van der Waals surface area contributed by atoms with Crippen LogP contribution in [0.1, 0.15) is 36.3 Å². The van der Waals surface area contributed by atoms with Gasteiger partial charge in [-0.15, -0.1) is 0 Å². The molecule has 3 atom stereocenters. The zero-order valence-electron chi connectivity index (χ0n) is 15.3. The molecule has 2 saturated heterocycles. The molecule has 4 heteroatoms. The highest BCUT2D eigenvalue weighted by Crippen LogP contribution is 2.34. The van der Waals surface area contributed by atoms with Crippen LogP contribution < -0.4 is 10.6 Å². The zero-order valence-corrected chi connectivity index (χ0v) is 15.3. The van der Waals surface area contributed by atoms with Gasteiger partial charge in [0.2, 0.25) is 0 Å². The maximum absolute atomic E-state index is 5.95. The first kappa shape index (κ1) is 17.1. The lowest BCUT2D eigenvalue weighted by molar-refractivity contribution is 0.0992. The summed E-state index contributed by atoms with van der Waals surface area (Å²) < 4.78 is 5.95. The predicted molar refractivity (Wildman–Crippen MR) is 106 cm³/mol. The lowest BCUT2D eigenvalue weighted by Gasteiger charge is -2.25. The Morgan fingerprint density at radius 2 is 1.69 bits per heavy atom. The number of nitrogens with zero attached hydrogens (tertiary/aromatic N) is 1. The number of hydrogen-bond donors (Lipinski definition) is 2.